The first-order chi connectivity index (χ1) is 10.1. The van der Waals surface area contributed by atoms with Crippen molar-refractivity contribution in [2.75, 3.05) is 0 Å². The first kappa shape index (κ1) is 12.9. The van der Waals surface area contributed by atoms with Crippen molar-refractivity contribution in [2.24, 2.45) is 11.3 Å². The zero-order chi connectivity index (χ0) is 14.6. The predicted molar refractivity (Wildman–Crippen MR) is 86.2 cm³/mol. The van der Waals surface area contributed by atoms with Crippen LogP contribution in [0.3, 0.4) is 0 Å². The van der Waals surface area contributed by atoms with Crippen LogP contribution in [0.4, 0.5) is 0 Å². The largest absolute Gasteiger partial charge is 0.265 e. The summed E-state index contributed by atoms with van der Waals surface area (Å²) in [6.07, 6.45) is 5.62. The molecule has 0 amide bonds. The third kappa shape index (κ3) is 1.89. The second-order valence-electron chi connectivity index (χ2n) is 7.05. The molecule has 2 atom stereocenters. The van der Waals surface area contributed by atoms with Gasteiger partial charge in [0.05, 0.1) is 12.2 Å². The number of fused-ring (bicyclic) bond motifs is 3. The van der Waals surface area contributed by atoms with Gasteiger partial charge in [-0.2, -0.15) is 5.10 Å². The van der Waals surface area contributed by atoms with Gasteiger partial charge in [0, 0.05) is 11.3 Å². The topological polar surface area (TPSA) is 17.8 Å². The lowest BCUT2D eigenvalue weighted by atomic mass is 9.98. The van der Waals surface area contributed by atoms with Crippen LogP contribution in [0.5, 0.6) is 0 Å². The Bertz CT molecular complexity index is 707. The van der Waals surface area contributed by atoms with Crippen LogP contribution in [0.1, 0.15) is 42.3 Å². The van der Waals surface area contributed by atoms with Crippen molar-refractivity contribution < 1.29 is 0 Å². The van der Waals surface area contributed by atoms with E-state index in [4.69, 9.17) is 5.10 Å². The molecule has 2 aliphatic rings. The molecule has 1 aromatic heterocycles. The minimum Gasteiger partial charge on any atom is -0.265 e. The Kier molecular flexibility index (Phi) is 2.66. The van der Waals surface area contributed by atoms with Gasteiger partial charge in [0.1, 0.15) is 0 Å². The molecule has 0 saturated heterocycles. The second kappa shape index (κ2) is 4.33. The van der Waals surface area contributed by atoms with Gasteiger partial charge in [-0.3, -0.25) is 4.68 Å². The second-order valence-corrected chi connectivity index (χ2v) is 7.05. The number of benzene rings is 1. The molecule has 0 unspecified atom stereocenters. The molecule has 21 heavy (non-hydrogen) atoms. The fourth-order valence-corrected chi connectivity index (χ4v) is 4.17. The molecule has 1 aromatic carbocycles. The molecule has 2 nitrogen and oxygen atoms in total. The average molecular weight is 278 g/mol. The molecule has 1 heterocycles. The average Bonchev–Trinajstić information content (AvgIpc) is 2.83. The lowest BCUT2D eigenvalue weighted by Crippen LogP contribution is -2.07. The molecule has 0 radical (unpaired) electrons. The van der Waals surface area contributed by atoms with Gasteiger partial charge in [-0.25, -0.2) is 0 Å². The van der Waals surface area contributed by atoms with Crippen molar-refractivity contribution in [2.45, 2.75) is 39.7 Å². The molecule has 1 fully saturated rings. The molecular weight excluding hydrogens is 256 g/mol. The molecular formula is C19H22N2. The Labute approximate surface area is 126 Å². The first-order valence-electron chi connectivity index (χ1n) is 7.87. The van der Waals surface area contributed by atoms with Gasteiger partial charge in [-0.15, -0.1) is 0 Å². The quantitative estimate of drug-likeness (QED) is 0.822. The highest BCUT2D eigenvalue weighted by molar-refractivity contribution is 5.49. The summed E-state index contributed by atoms with van der Waals surface area (Å²) in [7, 11) is 0. The van der Waals surface area contributed by atoms with E-state index in [2.05, 4.69) is 67.9 Å². The molecule has 1 saturated carbocycles. The summed E-state index contributed by atoms with van der Waals surface area (Å²) in [5, 5.41) is 4.77. The fourth-order valence-electron chi connectivity index (χ4n) is 4.17. The van der Waals surface area contributed by atoms with Crippen LogP contribution in [0.2, 0.25) is 0 Å². The number of nitrogens with zero attached hydrogens (tertiary/aromatic N) is 2. The Balaban J connectivity index is 1.55. The van der Waals surface area contributed by atoms with E-state index in [1.54, 1.807) is 5.56 Å². The number of hydrogen-bond donors (Lipinski definition) is 0. The van der Waals surface area contributed by atoms with Crippen molar-refractivity contribution in [1.82, 2.24) is 9.78 Å². The first-order valence-corrected chi connectivity index (χ1v) is 7.87. The van der Waals surface area contributed by atoms with E-state index in [1.807, 2.05) is 0 Å². The predicted octanol–water partition coefficient (Wildman–Crippen LogP) is 4.20. The summed E-state index contributed by atoms with van der Waals surface area (Å²) in [6.45, 7) is 7.85. The summed E-state index contributed by atoms with van der Waals surface area (Å²) in [6, 6.07) is 10.5. The van der Waals surface area contributed by atoms with Gasteiger partial charge in [-0.05, 0) is 36.2 Å². The van der Waals surface area contributed by atoms with Gasteiger partial charge in [0.25, 0.3) is 0 Å². The molecule has 2 aromatic rings. The fraction of sp³-hybridized carbons (Fsp3) is 0.421. The van der Waals surface area contributed by atoms with E-state index in [1.165, 1.54) is 23.4 Å². The van der Waals surface area contributed by atoms with Crippen LogP contribution in [0.15, 0.2) is 36.4 Å². The minimum absolute atomic E-state index is 0.505. The molecule has 4 rings (SSSR count). The highest BCUT2D eigenvalue weighted by Crippen LogP contribution is 2.70. The number of hydrogen-bond acceptors (Lipinski definition) is 1. The third-order valence-corrected chi connectivity index (χ3v) is 5.45. The molecule has 0 aliphatic heterocycles. The standard InChI is InChI=1S/C19H22N2/c1-13-17-16(12-15-18(17)19(15,2)3)21(20-13)11-7-10-14-8-5-4-6-9-14/h4-10,15,18H,11-12H2,1-3H3/b10-7+/t15-,18-/m1/s1. The smallest absolute Gasteiger partial charge is 0.0631 e. The van der Waals surface area contributed by atoms with Crippen LogP contribution in [0, 0.1) is 18.3 Å². The van der Waals surface area contributed by atoms with Crippen molar-refractivity contribution in [1.29, 1.82) is 0 Å². The number of rotatable bonds is 3. The van der Waals surface area contributed by atoms with E-state index < -0.39 is 0 Å². The van der Waals surface area contributed by atoms with Crippen LogP contribution >= 0.6 is 0 Å². The number of aromatic nitrogens is 2. The lowest BCUT2D eigenvalue weighted by Gasteiger charge is -2.09. The van der Waals surface area contributed by atoms with Crippen LogP contribution in [0.25, 0.3) is 6.08 Å². The maximum absolute atomic E-state index is 4.77. The van der Waals surface area contributed by atoms with Crippen molar-refractivity contribution in [3.8, 4) is 0 Å². The molecule has 0 N–H and O–H groups in total. The summed E-state index contributed by atoms with van der Waals surface area (Å²) < 4.78 is 2.21. The third-order valence-electron chi connectivity index (χ3n) is 5.45. The summed E-state index contributed by atoms with van der Waals surface area (Å²) >= 11 is 0. The summed E-state index contributed by atoms with van der Waals surface area (Å²) in [5.41, 5.74) is 6.04. The number of allylic oxidation sites excluding steroid dienone is 1. The SMILES string of the molecule is Cc1nn(C/C=C/c2ccccc2)c2c1[C@H]1[C@@H](C2)C1(C)C. The van der Waals surface area contributed by atoms with E-state index in [9.17, 15) is 0 Å². The molecule has 0 spiro atoms. The summed E-state index contributed by atoms with van der Waals surface area (Å²) in [5.74, 6) is 1.62. The molecule has 108 valence electrons. The van der Waals surface area contributed by atoms with Crippen molar-refractivity contribution in [3.05, 3.63) is 58.9 Å². The minimum atomic E-state index is 0.505. The number of aryl methyl sites for hydroxylation is 1. The van der Waals surface area contributed by atoms with Gasteiger partial charge in [0.15, 0.2) is 0 Å². The van der Waals surface area contributed by atoms with E-state index >= 15 is 0 Å². The van der Waals surface area contributed by atoms with Crippen LogP contribution < -0.4 is 0 Å². The highest BCUT2D eigenvalue weighted by atomic mass is 15.3. The van der Waals surface area contributed by atoms with E-state index in [0.29, 0.717) is 5.41 Å². The zero-order valence-corrected chi connectivity index (χ0v) is 13.0. The maximum atomic E-state index is 4.77. The maximum Gasteiger partial charge on any atom is 0.0631 e. The van der Waals surface area contributed by atoms with Gasteiger partial charge in [-0.1, -0.05) is 56.3 Å². The van der Waals surface area contributed by atoms with E-state index in [-0.39, 0.29) is 0 Å². The monoisotopic (exact) mass is 278 g/mol. The Hall–Kier alpha value is -1.83. The lowest BCUT2D eigenvalue weighted by molar-refractivity contribution is 0.523. The normalized spacial score (nSPS) is 25.1. The molecule has 2 heteroatoms. The summed E-state index contributed by atoms with van der Waals surface area (Å²) in [4.78, 5) is 0. The van der Waals surface area contributed by atoms with Crippen molar-refractivity contribution >= 4 is 6.08 Å². The van der Waals surface area contributed by atoms with Gasteiger partial charge >= 0.3 is 0 Å². The van der Waals surface area contributed by atoms with Gasteiger partial charge in [0.2, 0.25) is 0 Å². The Morgan fingerprint density at radius 2 is 2.05 bits per heavy atom. The Morgan fingerprint density at radius 3 is 2.81 bits per heavy atom. The van der Waals surface area contributed by atoms with Gasteiger partial charge < -0.3 is 0 Å². The van der Waals surface area contributed by atoms with E-state index in [0.717, 1.165) is 18.4 Å². The zero-order valence-electron chi connectivity index (χ0n) is 13.0. The molecule has 0 bridgehead atoms. The molecule has 2 aliphatic carbocycles. The van der Waals surface area contributed by atoms with Crippen molar-refractivity contribution in [3.63, 3.8) is 0 Å². The Morgan fingerprint density at radius 1 is 1.29 bits per heavy atom. The van der Waals surface area contributed by atoms with Crippen LogP contribution in [-0.2, 0) is 13.0 Å². The highest BCUT2D eigenvalue weighted by Gasteiger charge is 2.63. The van der Waals surface area contributed by atoms with Crippen LogP contribution in [-0.4, -0.2) is 9.78 Å².